The molecule has 1 amide bonds. The molecular formula is C18H28N4O3. The largest absolute Gasteiger partial charge is 0.377 e. The summed E-state index contributed by atoms with van der Waals surface area (Å²) in [5.74, 6) is 1.90. The Hall–Kier alpha value is -1.47. The number of likely N-dealkylation sites (tertiary alicyclic amines) is 1. The summed E-state index contributed by atoms with van der Waals surface area (Å²) in [5, 5.41) is 4.07. The van der Waals surface area contributed by atoms with Gasteiger partial charge in [-0.3, -0.25) is 9.69 Å². The summed E-state index contributed by atoms with van der Waals surface area (Å²) in [6.45, 7) is 5.89. The molecule has 3 fully saturated rings. The van der Waals surface area contributed by atoms with Crippen LogP contribution < -0.4 is 0 Å². The average molecular weight is 348 g/mol. The van der Waals surface area contributed by atoms with Crippen molar-refractivity contribution in [2.24, 2.45) is 0 Å². The Kier molecular flexibility index (Phi) is 5.03. The molecular weight excluding hydrogens is 320 g/mol. The number of amides is 1. The molecule has 2 aliphatic heterocycles. The predicted octanol–water partition coefficient (Wildman–Crippen LogP) is 1.94. The minimum Gasteiger partial charge on any atom is -0.377 e. The third-order valence-corrected chi connectivity index (χ3v) is 5.55. The summed E-state index contributed by atoms with van der Waals surface area (Å²) in [5.41, 5.74) is 0. The van der Waals surface area contributed by atoms with Crippen molar-refractivity contribution in [3.63, 3.8) is 0 Å². The molecule has 4 rings (SSSR count). The summed E-state index contributed by atoms with van der Waals surface area (Å²) >= 11 is 0. The van der Waals surface area contributed by atoms with Crippen molar-refractivity contribution < 1.29 is 14.1 Å². The number of nitrogens with zero attached hydrogens (tertiary/aromatic N) is 4. The van der Waals surface area contributed by atoms with E-state index in [9.17, 15) is 4.79 Å². The topological polar surface area (TPSA) is 71.7 Å². The van der Waals surface area contributed by atoms with Crippen molar-refractivity contribution >= 4 is 5.91 Å². The van der Waals surface area contributed by atoms with Gasteiger partial charge < -0.3 is 14.2 Å². The van der Waals surface area contributed by atoms with Gasteiger partial charge in [-0.2, -0.15) is 4.98 Å². The highest BCUT2D eigenvalue weighted by atomic mass is 16.5. The fraction of sp³-hybridized carbons (Fsp3) is 0.833. The van der Waals surface area contributed by atoms with Crippen molar-refractivity contribution in [2.75, 3.05) is 26.2 Å². The van der Waals surface area contributed by atoms with Crippen molar-refractivity contribution in [1.29, 1.82) is 0 Å². The van der Waals surface area contributed by atoms with E-state index in [1.165, 1.54) is 12.8 Å². The molecule has 0 N–H and O–H groups in total. The van der Waals surface area contributed by atoms with Gasteiger partial charge in [0, 0.05) is 45.1 Å². The maximum absolute atomic E-state index is 12.2. The third kappa shape index (κ3) is 4.20. The fourth-order valence-electron chi connectivity index (χ4n) is 3.95. The van der Waals surface area contributed by atoms with Gasteiger partial charge in [-0.25, -0.2) is 0 Å². The quantitative estimate of drug-likeness (QED) is 0.782. The van der Waals surface area contributed by atoms with E-state index >= 15 is 0 Å². The molecule has 2 atom stereocenters. The first-order chi connectivity index (χ1) is 12.2. The minimum absolute atomic E-state index is 0.0820. The summed E-state index contributed by atoms with van der Waals surface area (Å²) in [6.07, 6.45) is 7.24. The van der Waals surface area contributed by atoms with Crippen molar-refractivity contribution in [2.45, 2.75) is 70.1 Å². The Morgan fingerprint density at radius 1 is 1.28 bits per heavy atom. The second kappa shape index (κ2) is 7.41. The molecule has 7 heteroatoms. The lowest BCUT2D eigenvalue weighted by atomic mass is 10.1. The van der Waals surface area contributed by atoms with Crippen LogP contribution in [0.3, 0.4) is 0 Å². The van der Waals surface area contributed by atoms with Crippen LogP contribution in [0.4, 0.5) is 0 Å². The molecule has 0 unspecified atom stereocenters. The van der Waals surface area contributed by atoms with E-state index in [-0.39, 0.29) is 11.9 Å². The number of rotatable bonds is 6. The molecule has 0 spiro atoms. The highest BCUT2D eigenvalue weighted by molar-refractivity contribution is 5.73. The first-order valence-electron chi connectivity index (χ1n) is 9.62. The normalized spacial score (nSPS) is 27.6. The lowest BCUT2D eigenvalue weighted by Crippen LogP contribution is -2.42. The van der Waals surface area contributed by atoms with E-state index in [0.29, 0.717) is 24.4 Å². The maximum atomic E-state index is 12.2. The zero-order valence-electron chi connectivity index (χ0n) is 15.0. The van der Waals surface area contributed by atoms with Crippen LogP contribution in [0.2, 0.25) is 0 Å². The number of aromatic nitrogens is 2. The smallest absolute Gasteiger partial charge is 0.229 e. The van der Waals surface area contributed by atoms with Gasteiger partial charge in [0.2, 0.25) is 11.8 Å². The van der Waals surface area contributed by atoms with Gasteiger partial charge in [0.15, 0.2) is 5.82 Å². The summed E-state index contributed by atoms with van der Waals surface area (Å²) < 4.78 is 11.2. The Labute approximate surface area is 148 Å². The van der Waals surface area contributed by atoms with Crippen LogP contribution in [0.15, 0.2) is 4.52 Å². The monoisotopic (exact) mass is 348 g/mol. The second-order valence-electron chi connectivity index (χ2n) is 7.66. The molecule has 25 heavy (non-hydrogen) atoms. The summed E-state index contributed by atoms with van der Waals surface area (Å²) in [6, 6.07) is 0.226. The molecule has 1 saturated carbocycles. The molecule has 2 saturated heterocycles. The third-order valence-electron chi connectivity index (χ3n) is 5.55. The molecule has 3 aliphatic rings. The van der Waals surface area contributed by atoms with Crippen LogP contribution in [0.25, 0.3) is 0 Å². The first kappa shape index (κ1) is 17.0. The lowest BCUT2D eigenvalue weighted by Gasteiger charge is -2.29. The standard InChI is InChI=1S/C18H28N4O3/c1-13(23)22(12-17-19-18(25-20-17)14-5-6-14)15-7-8-21(10-15)11-16-4-2-3-9-24-16/h14-16H,2-12H2,1H3/t15-,16+/m1/s1. The van der Waals surface area contributed by atoms with Gasteiger partial charge in [0.1, 0.15) is 0 Å². The number of carbonyl (C=O) groups excluding carboxylic acids is 1. The van der Waals surface area contributed by atoms with E-state index in [2.05, 4.69) is 15.0 Å². The molecule has 0 aromatic carbocycles. The van der Waals surface area contributed by atoms with Crippen LogP contribution in [0, 0.1) is 0 Å². The van der Waals surface area contributed by atoms with Gasteiger partial charge in [-0.1, -0.05) is 5.16 Å². The van der Waals surface area contributed by atoms with Gasteiger partial charge >= 0.3 is 0 Å². The molecule has 0 radical (unpaired) electrons. The van der Waals surface area contributed by atoms with Crippen molar-refractivity contribution in [3.05, 3.63) is 11.7 Å². The van der Waals surface area contributed by atoms with Crippen LogP contribution in [0.1, 0.15) is 63.1 Å². The van der Waals surface area contributed by atoms with E-state index in [1.54, 1.807) is 6.92 Å². The zero-order valence-corrected chi connectivity index (χ0v) is 15.0. The highest BCUT2D eigenvalue weighted by Gasteiger charge is 2.33. The van der Waals surface area contributed by atoms with E-state index in [4.69, 9.17) is 9.26 Å². The highest BCUT2D eigenvalue weighted by Crippen LogP contribution is 2.38. The first-order valence-corrected chi connectivity index (χ1v) is 9.62. The summed E-state index contributed by atoms with van der Waals surface area (Å²) in [7, 11) is 0. The molecule has 3 heterocycles. The second-order valence-corrected chi connectivity index (χ2v) is 7.66. The van der Waals surface area contributed by atoms with Crippen LogP contribution in [-0.2, 0) is 16.1 Å². The van der Waals surface area contributed by atoms with Crippen molar-refractivity contribution in [3.8, 4) is 0 Å². The number of ether oxygens (including phenoxy) is 1. The molecule has 0 bridgehead atoms. The van der Waals surface area contributed by atoms with Crippen LogP contribution in [-0.4, -0.2) is 64.2 Å². The zero-order chi connectivity index (χ0) is 17.2. The van der Waals surface area contributed by atoms with Crippen molar-refractivity contribution in [1.82, 2.24) is 19.9 Å². The maximum Gasteiger partial charge on any atom is 0.229 e. The Morgan fingerprint density at radius 2 is 2.16 bits per heavy atom. The Bertz CT molecular complexity index is 595. The van der Waals surface area contributed by atoms with E-state index < -0.39 is 0 Å². The predicted molar refractivity (Wildman–Crippen MR) is 90.9 cm³/mol. The number of hydrogen-bond donors (Lipinski definition) is 0. The van der Waals surface area contributed by atoms with E-state index in [1.807, 2.05) is 4.90 Å². The van der Waals surface area contributed by atoms with Gasteiger partial charge in [-0.05, 0) is 38.5 Å². The molecule has 138 valence electrons. The summed E-state index contributed by atoms with van der Waals surface area (Å²) in [4.78, 5) is 21.0. The molecule has 1 aromatic rings. The van der Waals surface area contributed by atoms with E-state index in [0.717, 1.165) is 57.8 Å². The van der Waals surface area contributed by atoms with Crippen LogP contribution >= 0.6 is 0 Å². The fourth-order valence-corrected chi connectivity index (χ4v) is 3.95. The SMILES string of the molecule is CC(=O)N(Cc1noc(C2CC2)n1)[C@@H]1CCN(C[C@@H]2CCCCO2)C1. The minimum atomic E-state index is 0.0820. The molecule has 1 aliphatic carbocycles. The lowest BCUT2D eigenvalue weighted by molar-refractivity contribution is -0.131. The number of hydrogen-bond acceptors (Lipinski definition) is 6. The van der Waals surface area contributed by atoms with Crippen LogP contribution in [0.5, 0.6) is 0 Å². The van der Waals surface area contributed by atoms with Gasteiger partial charge in [0.05, 0.1) is 12.6 Å². The Balaban J connectivity index is 1.33. The van der Waals surface area contributed by atoms with Gasteiger partial charge in [-0.15, -0.1) is 0 Å². The molecule has 7 nitrogen and oxygen atoms in total. The average Bonchev–Trinajstić information content (AvgIpc) is 3.18. The van der Waals surface area contributed by atoms with Gasteiger partial charge in [0.25, 0.3) is 0 Å². The molecule has 1 aromatic heterocycles. The number of carbonyl (C=O) groups is 1. The Morgan fingerprint density at radius 3 is 2.88 bits per heavy atom.